The van der Waals surface area contributed by atoms with Crippen molar-refractivity contribution >= 4 is 22.8 Å². The van der Waals surface area contributed by atoms with Gasteiger partial charge in [-0.2, -0.15) is 13.2 Å². The molecule has 6 rings (SSSR count). The van der Waals surface area contributed by atoms with E-state index in [-0.39, 0.29) is 17.7 Å². The molecular formula is C24H28F3N7O. The molecular weight excluding hydrogens is 459 g/mol. The van der Waals surface area contributed by atoms with Gasteiger partial charge in [0.15, 0.2) is 0 Å². The first-order valence-corrected chi connectivity index (χ1v) is 12.1. The number of fused-ring (bicyclic) bond motifs is 1. The fraction of sp³-hybridized carbons (Fsp3) is 0.542. The summed E-state index contributed by atoms with van der Waals surface area (Å²) in [5.41, 5.74) is 0.217. The lowest BCUT2D eigenvalue weighted by Crippen LogP contribution is -2.51. The number of anilines is 2. The van der Waals surface area contributed by atoms with E-state index in [1.54, 1.807) is 6.20 Å². The van der Waals surface area contributed by atoms with E-state index in [1.165, 1.54) is 0 Å². The Hall–Kier alpha value is -2.92. The van der Waals surface area contributed by atoms with E-state index in [1.807, 2.05) is 12.1 Å². The Morgan fingerprint density at radius 3 is 2.66 bits per heavy atom. The summed E-state index contributed by atoms with van der Waals surface area (Å²) in [4.78, 5) is 18.3. The van der Waals surface area contributed by atoms with Crippen LogP contribution in [-0.2, 0) is 10.9 Å². The number of ether oxygens (including phenoxy) is 1. The molecule has 3 aliphatic heterocycles. The number of nitrogens with zero attached hydrogens (tertiary/aromatic N) is 4. The number of pyridine rings is 1. The number of aromatic amines is 1. The highest BCUT2D eigenvalue weighted by Gasteiger charge is 2.41. The Kier molecular flexibility index (Phi) is 5.56. The molecule has 1 unspecified atom stereocenters. The standard InChI is InChI=1S/C24H28F3N7O/c25-24(26,27)18-12-30-22(31-15-2-1-7-28-10-15)33-20(18)17-11-29-21-16(17)3-4-19(32-21)34-8-5-23(6-9-34)13-35-14-23/h3-4,11-12,15,28H,1-2,5-10,13-14H2,(H,29,32)(H,30,31,33). The molecule has 35 heavy (non-hydrogen) atoms. The van der Waals surface area contributed by atoms with E-state index < -0.39 is 11.7 Å². The van der Waals surface area contributed by atoms with E-state index >= 15 is 0 Å². The minimum absolute atomic E-state index is 0.0794. The van der Waals surface area contributed by atoms with Crippen molar-refractivity contribution in [1.82, 2.24) is 25.3 Å². The minimum Gasteiger partial charge on any atom is -0.380 e. The van der Waals surface area contributed by atoms with Crippen molar-refractivity contribution in [2.45, 2.75) is 37.9 Å². The Morgan fingerprint density at radius 1 is 1.14 bits per heavy atom. The molecule has 3 N–H and O–H groups in total. The average Bonchev–Trinajstić information content (AvgIpc) is 3.26. The van der Waals surface area contributed by atoms with Crippen molar-refractivity contribution in [3.63, 3.8) is 0 Å². The van der Waals surface area contributed by atoms with E-state index in [0.29, 0.717) is 22.0 Å². The molecule has 3 saturated heterocycles. The van der Waals surface area contributed by atoms with E-state index in [2.05, 4.69) is 30.5 Å². The van der Waals surface area contributed by atoms with Crippen LogP contribution in [0, 0.1) is 5.41 Å². The summed E-state index contributed by atoms with van der Waals surface area (Å²) >= 11 is 0. The van der Waals surface area contributed by atoms with E-state index in [9.17, 15) is 13.2 Å². The number of hydrogen-bond donors (Lipinski definition) is 3. The van der Waals surface area contributed by atoms with Crippen LogP contribution in [0.5, 0.6) is 0 Å². The molecule has 11 heteroatoms. The zero-order valence-electron chi connectivity index (χ0n) is 19.3. The molecule has 0 bridgehead atoms. The van der Waals surface area contributed by atoms with Crippen LogP contribution in [-0.4, -0.2) is 65.4 Å². The van der Waals surface area contributed by atoms with Gasteiger partial charge in [-0.25, -0.2) is 15.0 Å². The average molecular weight is 488 g/mol. The number of alkyl halides is 3. The van der Waals surface area contributed by atoms with E-state index in [0.717, 1.165) is 77.1 Å². The summed E-state index contributed by atoms with van der Waals surface area (Å²) in [7, 11) is 0. The predicted molar refractivity (Wildman–Crippen MR) is 126 cm³/mol. The van der Waals surface area contributed by atoms with Crippen LogP contribution in [0.3, 0.4) is 0 Å². The third-order valence-corrected chi connectivity index (χ3v) is 7.47. The van der Waals surface area contributed by atoms with Gasteiger partial charge >= 0.3 is 6.18 Å². The van der Waals surface area contributed by atoms with Crippen LogP contribution >= 0.6 is 0 Å². The van der Waals surface area contributed by atoms with Crippen molar-refractivity contribution in [3.8, 4) is 11.3 Å². The van der Waals surface area contributed by atoms with Crippen molar-refractivity contribution in [2.75, 3.05) is 49.6 Å². The highest BCUT2D eigenvalue weighted by atomic mass is 19.4. The molecule has 8 nitrogen and oxygen atoms in total. The minimum atomic E-state index is -4.58. The van der Waals surface area contributed by atoms with Crippen LogP contribution in [0.4, 0.5) is 24.9 Å². The SMILES string of the molecule is FC(F)(F)c1cnc(NC2CCCNC2)nc1-c1c[nH]c2nc(N3CCC4(CC3)COC4)ccc12. The Balaban J connectivity index is 1.30. The van der Waals surface area contributed by atoms with Gasteiger partial charge in [0.1, 0.15) is 17.0 Å². The van der Waals surface area contributed by atoms with Crippen molar-refractivity contribution in [3.05, 3.63) is 30.1 Å². The van der Waals surface area contributed by atoms with Crippen LogP contribution < -0.4 is 15.5 Å². The zero-order chi connectivity index (χ0) is 24.0. The molecule has 0 amide bonds. The molecule has 3 aliphatic rings. The molecule has 0 aromatic carbocycles. The molecule has 186 valence electrons. The lowest BCUT2D eigenvalue weighted by Gasteiger charge is -2.47. The number of nitrogens with one attached hydrogen (secondary N) is 3. The van der Waals surface area contributed by atoms with Gasteiger partial charge in [0.2, 0.25) is 5.95 Å². The maximum absolute atomic E-state index is 13.9. The first-order chi connectivity index (χ1) is 16.9. The third kappa shape index (κ3) is 4.31. The van der Waals surface area contributed by atoms with Crippen molar-refractivity contribution in [1.29, 1.82) is 0 Å². The van der Waals surface area contributed by atoms with Gasteiger partial charge in [0.05, 0.1) is 18.9 Å². The van der Waals surface area contributed by atoms with Crippen LogP contribution in [0.1, 0.15) is 31.2 Å². The van der Waals surface area contributed by atoms with Gasteiger partial charge in [-0.3, -0.25) is 0 Å². The van der Waals surface area contributed by atoms with Gasteiger partial charge in [-0.1, -0.05) is 0 Å². The first kappa shape index (κ1) is 22.5. The fourth-order valence-corrected chi connectivity index (χ4v) is 5.28. The quantitative estimate of drug-likeness (QED) is 0.515. The van der Waals surface area contributed by atoms with Crippen LogP contribution in [0.15, 0.2) is 24.5 Å². The molecule has 3 fully saturated rings. The summed E-state index contributed by atoms with van der Waals surface area (Å²) in [5.74, 6) is 1.02. The first-order valence-electron chi connectivity index (χ1n) is 12.1. The second-order valence-electron chi connectivity index (χ2n) is 9.89. The summed E-state index contributed by atoms with van der Waals surface area (Å²) in [5, 5.41) is 7.06. The summed E-state index contributed by atoms with van der Waals surface area (Å²) in [6.07, 6.45) is 1.88. The maximum atomic E-state index is 13.9. The number of aromatic nitrogens is 4. The summed E-state index contributed by atoms with van der Waals surface area (Å²) in [6, 6.07) is 3.80. The molecule has 0 aliphatic carbocycles. The highest BCUT2D eigenvalue weighted by Crippen LogP contribution is 2.41. The smallest absolute Gasteiger partial charge is 0.380 e. The zero-order valence-corrected chi connectivity index (χ0v) is 19.3. The Labute approximate surface area is 200 Å². The molecule has 1 spiro atoms. The topological polar surface area (TPSA) is 91.0 Å². The molecule has 1 atom stereocenters. The predicted octanol–water partition coefficient (Wildman–Crippen LogP) is 3.82. The second-order valence-corrected chi connectivity index (χ2v) is 9.89. The van der Waals surface area contributed by atoms with E-state index in [4.69, 9.17) is 9.72 Å². The maximum Gasteiger partial charge on any atom is 0.419 e. The van der Waals surface area contributed by atoms with Crippen LogP contribution in [0.25, 0.3) is 22.3 Å². The number of H-pyrrole nitrogens is 1. The van der Waals surface area contributed by atoms with Crippen molar-refractivity contribution < 1.29 is 17.9 Å². The number of halogens is 3. The van der Waals surface area contributed by atoms with Gasteiger partial charge in [-0.15, -0.1) is 0 Å². The van der Waals surface area contributed by atoms with Crippen LogP contribution in [0.2, 0.25) is 0 Å². The number of piperidine rings is 2. The van der Waals surface area contributed by atoms with Gasteiger partial charge < -0.3 is 25.3 Å². The number of hydrogen-bond acceptors (Lipinski definition) is 7. The lowest BCUT2D eigenvalue weighted by molar-refractivity contribution is -0.137. The normalized spacial score (nSPS) is 22.4. The fourth-order valence-electron chi connectivity index (χ4n) is 5.28. The Morgan fingerprint density at radius 2 is 1.97 bits per heavy atom. The van der Waals surface area contributed by atoms with Gasteiger partial charge in [-0.05, 0) is 44.4 Å². The van der Waals surface area contributed by atoms with Gasteiger partial charge in [0.25, 0.3) is 0 Å². The molecule has 0 radical (unpaired) electrons. The highest BCUT2D eigenvalue weighted by molar-refractivity contribution is 5.94. The molecule has 0 saturated carbocycles. The third-order valence-electron chi connectivity index (χ3n) is 7.47. The summed E-state index contributed by atoms with van der Waals surface area (Å²) in [6.45, 7) is 5.12. The molecule has 3 aromatic heterocycles. The molecule has 6 heterocycles. The molecule has 3 aromatic rings. The monoisotopic (exact) mass is 487 g/mol. The number of rotatable bonds is 4. The summed E-state index contributed by atoms with van der Waals surface area (Å²) < 4.78 is 47.1. The second kappa shape index (κ2) is 8.63. The Bertz CT molecular complexity index is 1210. The largest absolute Gasteiger partial charge is 0.419 e. The van der Waals surface area contributed by atoms with Crippen molar-refractivity contribution in [2.24, 2.45) is 5.41 Å². The lowest BCUT2D eigenvalue weighted by atomic mass is 9.77. The van der Waals surface area contributed by atoms with Gasteiger partial charge in [0, 0.05) is 54.4 Å².